The third-order valence-corrected chi connectivity index (χ3v) is 5.64. The molecule has 1 saturated heterocycles. The largest absolute Gasteiger partial charge is 0.348 e. The van der Waals surface area contributed by atoms with Crippen LogP contribution in [0.1, 0.15) is 28.2 Å². The van der Waals surface area contributed by atoms with Crippen LogP contribution in [0, 0.1) is 0 Å². The number of rotatable bonds is 4. The minimum Gasteiger partial charge on any atom is -0.348 e. The maximum atomic E-state index is 12.2. The Morgan fingerprint density at radius 1 is 1.38 bits per heavy atom. The first kappa shape index (κ1) is 17.3. The lowest BCUT2D eigenvalue weighted by molar-refractivity contribution is 0.0939. The zero-order chi connectivity index (χ0) is 17.1. The van der Waals surface area contributed by atoms with Crippen LogP contribution in [0.2, 0.25) is 10.0 Å². The van der Waals surface area contributed by atoms with Crippen molar-refractivity contribution in [1.82, 2.24) is 15.3 Å². The maximum Gasteiger partial charge on any atom is 0.263 e. The van der Waals surface area contributed by atoms with E-state index in [-0.39, 0.29) is 18.0 Å². The van der Waals surface area contributed by atoms with Gasteiger partial charge in [-0.3, -0.25) is 9.59 Å². The summed E-state index contributed by atoms with van der Waals surface area (Å²) in [5, 5.41) is 3.87. The summed E-state index contributed by atoms with van der Waals surface area (Å²) in [5.74, 6) is 1.92. The molecule has 1 fully saturated rings. The topological polar surface area (TPSA) is 74.8 Å². The number of carbonyl (C=O) groups is 1. The number of benzene rings is 1. The summed E-state index contributed by atoms with van der Waals surface area (Å²) >= 11 is 14.0. The number of nitrogens with one attached hydrogen (secondary N) is 2. The van der Waals surface area contributed by atoms with E-state index >= 15 is 0 Å². The zero-order valence-corrected chi connectivity index (χ0v) is 15.0. The van der Waals surface area contributed by atoms with Crippen LogP contribution in [0.4, 0.5) is 0 Å². The molecule has 1 amide bonds. The Morgan fingerprint density at radius 2 is 2.12 bits per heavy atom. The van der Waals surface area contributed by atoms with Gasteiger partial charge in [-0.2, -0.15) is 11.8 Å². The van der Waals surface area contributed by atoms with Gasteiger partial charge in [0.25, 0.3) is 11.5 Å². The normalized spacial score (nSPS) is 17.0. The summed E-state index contributed by atoms with van der Waals surface area (Å²) in [6.45, 7) is 0. The second-order valence-electron chi connectivity index (χ2n) is 5.48. The number of H-pyrrole nitrogens is 1. The monoisotopic (exact) mass is 383 g/mol. The number of amides is 1. The van der Waals surface area contributed by atoms with Gasteiger partial charge in [-0.15, -0.1) is 0 Å². The molecule has 2 N–H and O–H groups in total. The fraction of sp³-hybridized carbons (Fsp3) is 0.312. The van der Waals surface area contributed by atoms with Gasteiger partial charge in [0.2, 0.25) is 0 Å². The van der Waals surface area contributed by atoms with Crippen LogP contribution in [0.15, 0.2) is 29.2 Å². The quantitative estimate of drug-likeness (QED) is 0.850. The smallest absolute Gasteiger partial charge is 0.263 e. The molecule has 1 aromatic carbocycles. The number of hydrogen-bond acceptors (Lipinski definition) is 4. The highest BCUT2D eigenvalue weighted by Gasteiger charge is 2.20. The standard InChI is InChI=1S/C16H15Cl2N3O2S/c17-12-2-1-3-13(18)10(12)6-14-19-7-11(16(23)21-14)15(22)20-9-4-5-24-8-9/h1-3,7,9H,4-6,8H2,(H,20,22)(H,19,21,23). The number of aromatic nitrogens is 2. The third kappa shape index (κ3) is 3.94. The van der Waals surface area contributed by atoms with Gasteiger partial charge in [0, 0.05) is 34.5 Å². The van der Waals surface area contributed by atoms with Crippen LogP contribution in [-0.2, 0) is 6.42 Å². The van der Waals surface area contributed by atoms with Gasteiger partial charge in [0.05, 0.1) is 0 Å². The summed E-state index contributed by atoms with van der Waals surface area (Å²) in [6, 6.07) is 5.31. The maximum absolute atomic E-state index is 12.2. The van der Waals surface area contributed by atoms with Crippen LogP contribution in [0.25, 0.3) is 0 Å². The molecule has 0 aliphatic carbocycles. The van der Waals surface area contributed by atoms with Crippen LogP contribution in [-0.4, -0.2) is 33.4 Å². The van der Waals surface area contributed by atoms with E-state index in [1.165, 1.54) is 6.20 Å². The zero-order valence-electron chi connectivity index (χ0n) is 12.6. The number of nitrogens with zero attached hydrogens (tertiary/aromatic N) is 1. The number of hydrogen-bond donors (Lipinski definition) is 2. The summed E-state index contributed by atoms with van der Waals surface area (Å²) in [5.41, 5.74) is 0.233. The highest BCUT2D eigenvalue weighted by molar-refractivity contribution is 7.99. The molecule has 0 radical (unpaired) electrons. The molecule has 1 aliphatic rings. The van der Waals surface area contributed by atoms with Gasteiger partial charge >= 0.3 is 0 Å². The van der Waals surface area contributed by atoms with Crippen LogP contribution in [0.5, 0.6) is 0 Å². The molecule has 1 aliphatic heterocycles. The minimum absolute atomic E-state index is 0.0147. The molecule has 0 spiro atoms. The van der Waals surface area contributed by atoms with E-state index in [9.17, 15) is 9.59 Å². The molecule has 2 heterocycles. The van der Waals surface area contributed by atoms with Crippen molar-refractivity contribution in [3.8, 4) is 0 Å². The molecular formula is C16H15Cl2N3O2S. The SMILES string of the molecule is O=C(NC1CCSC1)c1cnc(Cc2c(Cl)cccc2Cl)[nH]c1=O. The van der Waals surface area contributed by atoms with Gasteiger partial charge in [-0.25, -0.2) is 4.98 Å². The first-order chi connectivity index (χ1) is 11.5. The molecule has 0 saturated carbocycles. The third-order valence-electron chi connectivity index (χ3n) is 3.77. The van der Waals surface area contributed by atoms with Crippen molar-refractivity contribution in [3.63, 3.8) is 0 Å². The highest BCUT2D eigenvalue weighted by atomic mass is 35.5. The van der Waals surface area contributed by atoms with Crippen molar-refractivity contribution in [2.75, 3.05) is 11.5 Å². The molecular weight excluding hydrogens is 369 g/mol. The molecule has 1 atom stereocenters. The van der Waals surface area contributed by atoms with Crippen molar-refractivity contribution in [2.24, 2.45) is 0 Å². The van der Waals surface area contributed by atoms with Crippen molar-refractivity contribution in [3.05, 3.63) is 61.7 Å². The Labute approximate surface area is 153 Å². The van der Waals surface area contributed by atoms with E-state index in [0.29, 0.717) is 21.4 Å². The van der Waals surface area contributed by atoms with Gasteiger partial charge in [0.15, 0.2) is 0 Å². The molecule has 1 aromatic heterocycles. The van der Waals surface area contributed by atoms with E-state index in [0.717, 1.165) is 17.9 Å². The number of halogens is 2. The Bertz CT molecular complexity index is 799. The summed E-state index contributed by atoms with van der Waals surface area (Å²) in [7, 11) is 0. The Balaban J connectivity index is 1.77. The van der Waals surface area contributed by atoms with Crippen LogP contribution >= 0.6 is 35.0 Å². The van der Waals surface area contributed by atoms with Crippen molar-refractivity contribution in [2.45, 2.75) is 18.9 Å². The van der Waals surface area contributed by atoms with Crippen LogP contribution < -0.4 is 10.9 Å². The number of carbonyl (C=O) groups excluding carboxylic acids is 1. The number of thioether (sulfide) groups is 1. The summed E-state index contributed by atoms with van der Waals surface area (Å²) < 4.78 is 0. The second-order valence-corrected chi connectivity index (χ2v) is 7.45. The van der Waals surface area contributed by atoms with E-state index in [1.807, 2.05) is 0 Å². The highest BCUT2D eigenvalue weighted by Crippen LogP contribution is 2.25. The lowest BCUT2D eigenvalue weighted by Crippen LogP contribution is -2.37. The van der Waals surface area contributed by atoms with E-state index in [2.05, 4.69) is 15.3 Å². The van der Waals surface area contributed by atoms with Crippen molar-refractivity contribution >= 4 is 40.9 Å². The van der Waals surface area contributed by atoms with Crippen molar-refractivity contribution in [1.29, 1.82) is 0 Å². The first-order valence-electron chi connectivity index (χ1n) is 7.44. The van der Waals surface area contributed by atoms with E-state index < -0.39 is 11.5 Å². The molecule has 126 valence electrons. The minimum atomic E-state index is -0.466. The van der Waals surface area contributed by atoms with Crippen LogP contribution in [0.3, 0.4) is 0 Å². The fourth-order valence-electron chi connectivity index (χ4n) is 2.46. The Hall–Kier alpha value is -1.50. The van der Waals surface area contributed by atoms with Gasteiger partial charge < -0.3 is 10.3 Å². The molecule has 3 rings (SSSR count). The predicted octanol–water partition coefficient (Wildman–Crippen LogP) is 2.90. The Morgan fingerprint density at radius 3 is 2.75 bits per heavy atom. The summed E-state index contributed by atoms with van der Waals surface area (Å²) in [4.78, 5) is 31.2. The summed E-state index contributed by atoms with van der Waals surface area (Å²) in [6.07, 6.45) is 2.51. The fourth-order valence-corrected chi connectivity index (χ4v) is 4.15. The van der Waals surface area contributed by atoms with E-state index in [4.69, 9.17) is 23.2 Å². The van der Waals surface area contributed by atoms with Crippen molar-refractivity contribution < 1.29 is 4.79 Å². The van der Waals surface area contributed by atoms with Gasteiger partial charge in [0.1, 0.15) is 11.4 Å². The average molecular weight is 384 g/mol. The number of aromatic amines is 1. The predicted molar refractivity (Wildman–Crippen MR) is 97.3 cm³/mol. The molecule has 1 unspecified atom stereocenters. The van der Waals surface area contributed by atoms with Gasteiger partial charge in [-0.1, -0.05) is 29.3 Å². The molecule has 8 heteroatoms. The van der Waals surface area contributed by atoms with E-state index in [1.54, 1.807) is 30.0 Å². The molecule has 0 bridgehead atoms. The lowest BCUT2D eigenvalue weighted by atomic mass is 10.1. The average Bonchev–Trinajstić information content (AvgIpc) is 3.04. The molecule has 5 nitrogen and oxygen atoms in total. The molecule has 2 aromatic rings. The molecule has 24 heavy (non-hydrogen) atoms. The Kier molecular flexibility index (Phi) is 5.48. The lowest BCUT2D eigenvalue weighted by Gasteiger charge is -2.11. The first-order valence-corrected chi connectivity index (χ1v) is 9.35. The second kappa shape index (κ2) is 7.59. The van der Waals surface area contributed by atoms with Gasteiger partial charge in [-0.05, 0) is 29.9 Å².